The van der Waals surface area contributed by atoms with Crippen LogP contribution in [0.1, 0.15) is 25.3 Å². The first-order valence-electron chi connectivity index (χ1n) is 6.33. The quantitative estimate of drug-likeness (QED) is 0.787. The molecule has 1 aromatic rings. The van der Waals surface area contributed by atoms with Crippen molar-refractivity contribution in [1.29, 1.82) is 0 Å². The fraction of sp³-hybridized carbons (Fsp3) is 0.467. The van der Waals surface area contributed by atoms with Gasteiger partial charge in [0.2, 0.25) is 0 Å². The van der Waals surface area contributed by atoms with Crippen LogP contribution in [0.5, 0.6) is 5.75 Å². The summed E-state index contributed by atoms with van der Waals surface area (Å²) in [5.74, 6) is 1.04. The van der Waals surface area contributed by atoms with Crippen LogP contribution in [-0.4, -0.2) is 19.2 Å². The number of para-hydroxylation sites is 1. The molecule has 1 heterocycles. The molecular formula is C15H21NO. The first-order valence-corrected chi connectivity index (χ1v) is 6.33. The van der Waals surface area contributed by atoms with Gasteiger partial charge in [0.05, 0.1) is 0 Å². The highest BCUT2D eigenvalue weighted by molar-refractivity contribution is 5.37. The van der Waals surface area contributed by atoms with Crippen molar-refractivity contribution in [2.75, 3.05) is 7.05 Å². The van der Waals surface area contributed by atoms with Gasteiger partial charge in [-0.1, -0.05) is 37.3 Å². The van der Waals surface area contributed by atoms with E-state index in [4.69, 9.17) is 4.74 Å². The van der Waals surface area contributed by atoms with Crippen LogP contribution in [0.15, 0.2) is 36.4 Å². The topological polar surface area (TPSA) is 21.3 Å². The minimum atomic E-state index is 0.237. The van der Waals surface area contributed by atoms with E-state index in [9.17, 15) is 0 Å². The van der Waals surface area contributed by atoms with Crippen molar-refractivity contribution in [3.63, 3.8) is 0 Å². The summed E-state index contributed by atoms with van der Waals surface area (Å²) in [7, 11) is 2.00. The maximum atomic E-state index is 6.00. The molecule has 0 aromatic heterocycles. The van der Waals surface area contributed by atoms with Gasteiger partial charge in [-0.25, -0.2) is 0 Å². The van der Waals surface area contributed by atoms with Gasteiger partial charge in [-0.3, -0.25) is 0 Å². The SMILES string of the molecule is C=C(CC)CC(NC)C1Cc2ccccc2O1. The van der Waals surface area contributed by atoms with Crippen LogP contribution in [0, 0.1) is 0 Å². The molecule has 1 aliphatic rings. The molecule has 17 heavy (non-hydrogen) atoms. The molecule has 0 bridgehead atoms. The Morgan fingerprint density at radius 2 is 2.29 bits per heavy atom. The van der Waals surface area contributed by atoms with E-state index in [0.29, 0.717) is 6.04 Å². The maximum Gasteiger partial charge on any atom is 0.123 e. The largest absolute Gasteiger partial charge is 0.488 e. The van der Waals surface area contributed by atoms with E-state index < -0.39 is 0 Å². The number of benzene rings is 1. The fourth-order valence-corrected chi connectivity index (χ4v) is 2.31. The molecule has 1 aliphatic heterocycles. The van der Waals surface area contributed by atoms with E-state index in [-0.39, 0.29) is 6.10 Å². The number of ether oxygens (including phenoxy) is 1. The molecule has 1 N–H and O–H groups in total. The number of likely N-dealkylation sites (N-methyl/N-ethyl adjacent to an activating group) is 1. The number of nitrogens with one attached hydrogen (secondary N) is 1. The highest BCUT2D eigenvalue weighted by atomic mass is 16.5. The molecular weight excluding hydrogens is 210 g/mol. The second kappa shape index (κ2) is 5.37. The van der Waals surface area contributed by atoms with E-state index in [1.807, 2.05) is 13.1 Å². The number of hydrogen-bond acceptors (Lipinski definition) is 2. The Morgan fingerprint density at radius 3 is 2.94 bits per heavy atom. The molecule has 0 spiro atoms. The molecule has 92 valence electrons. The van der Waals surface area contributed by atoms with Gasteiger partial charge in [0.15, 0.2) is 0 Å². The Kier molecular flexibility index (Phi) is 3.85. The van der Waals surface area contributed by atoms with Crippen molar-refractivity contribution >= 4 is 0 Å². The van der Waals surface area contributed by atoms with E-state index in [1.54, 1.807) is 0 Å². The summed E-state index contributed by atoms with van der Waals surface area (Å²) in [5, 5.41) is 3.36. The lowest BCUT2D eigenvalue weighted by Gasteiger charge is -2.23. The molecule has 0 aliphatic carbocycles. The van der Waals surface area contributed by atoms with E-state index in [2.05, 4.69) is 37.0 Å². The second-order valence-electron chi connectivity index (χ2n) is 4.67. The average Bonchev–Trinajstić information content (AvgIpc) is 2.78. The molecule has 0 saturated carbocycles. The molecule has 2 rings (SSSR count). The summed E-state index contributed by atoms with van der Waals surface area (Å²) in [5.41, 5.74) is 2.60. The highest BCUT2D eigenvalue weighted by Crippen LogP contribution is 2.30. The van der Waals surface area contributed by atoms with Gasteiger partial charge in [-0.2, -0.15) is 0 Å². The summed E-state index contributed by atoms with van der Waals surface area (Å²) in [4.78, 5) is 0. The Hall–Kier alpha value is -1.28. The minimum absolute atomic E-state index is 0.237. The lowest BCUT2D eigenvalue weighted by Crippen LogP contribution is -2.40. The number of fused-ring (bicyclic) bond motifs is 1. The molecule has 2 unspecified atom stereocenters. The molecule has 2 atom stereocenters. The minimum Gasteiger partial charge on any atom is -0.488 e. The van der Waals surface area contributed by atoms with Crippen molar-refractivity contribution < 1.29 is 4.74 Å². The first-order chi connectivity index (χ1) is 8.24. The van der Waals surface area contributed by atoms with Gasteiger partial charge in [-0.15, -0.1) is 0 Å². The zero-order chi connectivity index (χ0) is 12.3. The predicted molar refractivity (Wildman–Crippen MR) is 71.5 cm³/mol. The third-order valence-corrected chi connectivity index (χ3v) is 3.50. The normalized spacial score (nSPS) is 19.5. The van der Waals surface area contributed by atoms with Crippen molar-refractivity contribution in [1.82, 2.24) is 5.32 Å². The zero-order valence-corrected chi connectivity index (χ0v) is 10.7. The van der Waals surface area contributed by atoms with Gasteiger partial charge >= 0.3 is 0 Å². The van der Waals surface area contributed by atoms with Gasteiger partial charge in [-0.05, 0) is 31.5 Å². The molecule has 2 heteroatoms. The first kappa shape index (κ1) is 12.2. The van der Waals surface area contributed by atoms with Crippen LogP contribution in [-0.2, 0) is 6.42 Å². The van der Waals surface area contributed by atoms with E-state index in [0.717, 1.165) is 25.0 Å². The average molecular weight is 231 g/mol. The van der Waals surface area contributed by atoms with Crippen molar-refractivity contribution in [3.05, 3.63) is 42.0 Å². The predicted octanol–water partition coefficient (Wildman–Crippen LogP) is 2.93. The van der Waals surface area contributed by atoms with Crippen LogP contribution in [0.25, 0.3) is 0 Å². The molecule has 2 nitrogen and oxygen atoms in total. The van der Waals surface area contributed by atoms with Crippen molar-refractivity contribution in [2.24, 2.45) is 0 Å². The standard InChI is InChI=1S/C15H21NO/c1-4-11(2)9-13(16-3)15-10-12-7-5-6-8-14(12)17-15/h5-8,13,15-16H,2,4,9-10H2,1,3H3. The van der Waals surface area contributed by atoms with E-state index in [1.165, 1.54) is 11.1 Å². The Bertz CT molecular complexity index is 375. The number of rotatable bonds is 5. The van der Waals surface area contributed by atoms with Crippen molar-refractivity contribution in [3.8, 4) is 5.75 Å². The third kappa shape index (κ3) is 2.70. The second-order valence-corrected chi connectivity index (χ2v) is 4.67. The molecule has 1 aromatic carbocycles. The summed E-state index contributed by atoms with van der Waals surface area (Å²) in [6.45, 7) is 6.24. The van der Waals surface area contributed by atoms with Gasteiger partial charge in [0.25, 0.3) is 0 Å². The fourth-order valence-electron chi connectivity index (χ4n) is 2.31. The molecule has 0 fully saturated rings. The summed E-state index contributed by atoms with van der Waals surface area (Å²) in [6.07, 6.45) is 3.27. The lowest BCUT2D eigenvalue weighted by molar-refractivity contribution is 0.181. The zero-order valence-electron chi connectivity index (χ0n) is 10.7. The smallest absolute Gasteiger partial charge is 0.123 e. The highest BCUT2D eigenvalue weighted by Gasteiger charge is 2.29. The lowest BCUT2D eigenvalue weighted by atomic mass is 9.98. The van der Waals surface area contributed by atoms with Crippen LogP contribution < -0.4 is 10.1 Å². The van der Waals surface area contributed by atoms with E-state index >= 15 is 0 Å². The number of hydrogen-bond donors (Lipinski definition) is 1. The Labute approximate surface area is 104 Å². The van der Waals surface area contributed by atoms with Gasteiger partial charge < -0.3 is 10.1 Å². The molecule has 0 radical (unpaired) electrons. The monoisotopic (exact) mass is 231 g/mol. The summed E-state index contributed by atoms with van der Waals surface area (Å²) >= 11 is 0. The summed E-state index contributed by atoms with van der Waals surface area (Å²) < 4.78 is 6.00. The van der Waals surface area contributed by atoms with Gasteiger partial charge in [0.1, 0.15) is 11.9 Å². The third-order valence-electron chi connectivity index (χ3n) is 3.50. The molecule has 0 amide bonds. The van der Waals surface area contributed by atoms with Crippen LogP contribution in [0.2, 0.25) is 0 Å². The van der Waals surface area contributed by atoms with Crippen LogP contribution in [0.3, 0.4) is 0 Å². The maximum absolute atomic E-state index is 6.00. The van der Waals surface area contributed by atoms with Crippen molar-refractivity contribution in [2.45, 2.75) is 38.3 Å². The summed E-state index contributed by atoms with van der Waals surface area (Å²) in [6, 6.07) is 8.66. The van der Waals surface area contributed by atoms with Gasteiger partial charge in [0, 0.05) is 12.5 Å². The Morgan fingerprint density at radius 1 is 1.53 bits per heavy atom. The van der Waals surface area contributed by atoms with Crippen LogP contribution >= 0.6 is 0 Å². The Balaban J connectivity index is 2.02. The van der Waals surface area contributed by atoms with Crippen LogP contribution in [0.4, 0.5) is 0 Å². The molecule has 0 saturated heterocycles.